The minimum atomic E-state index is -2.41. The van der Waals surface area contributed by atoms with E-state index >= 15 is 0 Å². The van der Waals surface area contributed by atoms with Crippen molar-refractivity contribution in [3.8, 4) is 0 Å². The number of hydrogen-bond acceptors (Lipinski definition) is 10. The van der Waals surface area contributed by atoms with Crippen molar-refractivity contribution in [2.24, 2.45) is 0 Å². The molecule has 0 aliphatic rings. The van der Waals surface area contributed by atoms with Crippen LogP contribution >= 0.6 is 0 Å². The lowest BCUT2D eigenvalue weighted by Gasteiger charge is -2.15. The molecule has 1 aromatic rings. The maximum Gasteiger partial charge on any atom is 0.472 e. The normalized spacial score (nSPS) is 11.5. The lowest BCUT2D eigenvalue weighted by molar-refractivity contribution is -0.787. The standard InChI is InChI=1S/C12H16N6O8/c1-11(15(19)20,16(21)22)7-13-9-3-5-10(6-4-9)14-8-12(2,17(23)24)18(25)26/h3-6,13-14H,7-8H2,1-2H3. The second-order valence-electron chi connectivity index (χ2n) is 5.75. The highest BCUT2D eigenvalue weighted by atomic mass is 16.7. The summed E-state index contributed by atoms with van der Waals surface area (Å²) in [4.78, 5) is 39.3. The minimum Gasteiger partial charge on any atom is -0.372 e. The van der Waals surface area contributed by atoms with Crippen LogP contribution in [0.15, 0.2) is 24.3 Å². The Morgan fingerprint density at radius 2 is 0.923 bits per heavy atom. The summed E-state index contributed by atoms with van der Waals surface area (Å²) in [6.45, 7) is 0.596. The summed E-state index contributed by atoms with van der Waals surface area (Å²) in [5.41, 5.74) is -4.15. The van der Waals surface area contributed by atoms with Gasteiger partial charge in [-0.15, -0.1) is 0 Å². The van der Waals surface area contributed by atoms with E-state index in [-0.39, 0.29) is 0 Å². The van der Waals surface area contributed by atoms with E-state index in [1.54, 1.807) is 0 Å². The highest BCUT2D eigenvalue weighted by Gasteiger charge is 2.51. The molecule has 0 heterocycles. The fourth-order valence-corrected chi connectivity index (χ4v) is 1.64. The minimum absolute atomic E-state index is 0.330. The number of nitro groups is 4. The van der Waals surface area contributed by atoms with Crippen LogP contribution in [0.5, 0.6) is 0 Å². The third kappa shape index (κ3) is 4.28. The zero-order chi connectivity index (χ0) is 20.1. The van der Waals surface area contributed by atoms with E-state index in [4.69, 9.17) is 0 Å². The number of anilines is 2. The molecule has 26 heavy (non-hydrogen) atoms. The Morgan fingerprint density at radius 3 is 1.12 bits per heavy atom. The maximum absolute atomic E-state index is 10.8. The molecule has 142 valence electrons. The van der Waals surface area contributed by atoms with Crippen LogP contribution in [0.3, 0.4) is 0 Å². The topological polar surface area (TPSA) is 197 Å². The molecule has 0 fully saturated rings. The monoisotopic (exact) mass is 372 g/mol. The Labute approximate surface area is 145 Å². The summed E-state index contributed by atoms with van der Waals surface area (Å²) < 4.78 is 0. The predicted octanol–water partition coefficient (Wildman–Crippen LogP) is 1.05. The van der Waals surface area contributed by atoms with Crippen molar-refractivity contribution in [2.75, 3.05) is 23.7 Å². The summed E-state index contributed by atoms with van der Waals surface area (Å²) in [5.74, 6) is 0. The van der Waals surface area contributed by atoms with Gasteiger partial charge in [0.1, 0.15) is 19.7 Å². The fraction of sp³-hybridized carbons (Fsp3) is 0.500. The Morgan fingerprint density at radius 1 is 0.692 bits per heavy atom. The zero-order valence-electron chi connectivity index (χ0n) is 13.8. The van der Waals surface area contributed by atoms with Gasteiger partial charge in [0.25, 0.3) is 0 Å². The SMILES string of the molecule is CC(CNc1ccc(NCC(C)([N+](=O)[O-])[N+](=O)[O-])cc1)([N+](=O)[O-])[N+](=O)[O-]. The smallest absolute Gasteiger partial charge is 0.372 e. The molecule has 0 radical (unpaired) electrons. The van der Waals surface area contributed by atoms with Crippen LogP contribution in [0.1, 0.15) is 13.8 Å². The van der Waals surface area contributed by atoms with Crippen molar-refractivity contribution in [1.82, 2.24) is 0 Å². The van der Waals surface area contributed by atoms with Crippen molar-refractivity contribution < 1.29 is 19.7 Å². The van der Waals surface area contributed by atoms with E-state index < -0.39 is 44.1 Å². The van der Waals surface area contributed by atoms with Gasteiger partial charge in [0.2, 0.25) is 0 Å². The average Bonchev–Trinajstić information content (AvgIpc) is 2.57. The molecule has 0 saturated carbocycles. The third-order valence-corrected chi connectivity index (χ3v) is 3.71. The molecular weight excluding hydrogens is 356 g/mol. The Hall–Kier alpha value is -3.58. The van der Waals surface area contributed by atoms with E-state index in [0.29, 0.717) is 11.4 Å². The van der Waals surface area contributed by atoms with Crippen molar-refractivity contribution in [2.45, 2.75) is 25.2 Å². The number of benzene rings is 1. The van der Waals surface area contributed by atoms with E-state index in [1.807, 2.05) is 0 Å². The van der Waals surface area contributed by atoms with Crippen LogP contribution in [0.25, 0.3) is 0 Å². The molecule has 0 amide bonds. The summed E-state index contributed by atoms with van der Waals surface area (Å²) in [7, 11) is 0. The van der Waals surface area contributed by atoms with E-state index in [9.17, 15) is 40.5 Å². The summed E-state index contributed by atoms with van der Waals surface area (Å²) in [6, 6.07) is 5.66. The van der Waals surface area contributed by atoms with E-state index in [1.165, 1.54) is 24.3 Å². The molecule has 0 unspecified atom stereocenters. The van der Waals surface area contributed by atoms with Crippen molar-refractivity contribution in [3.05, 3.63) is 64.7 Å². The number of nitrogens with one attached hydrogen (secondary N) is 2. The molecule has 14 heteroatoms. The van der Waals surface area contributed by atoms with Gasteiger partial charge < -0.3 is 10.6 Å². The first-order valence-corrected chi connectivity index (χ1v) is 7.09. The van der Waals surface area contributed by atoms with Gasteiger partial charge in [0.05, 0.1) is 13.8 Å². The van der Waals surface area contributed by atoms with Gasteiger partial charge in [-0.05, 0) is 24.3 Å². The first-order chi connectivity index (χ1) is 11.9. The van der Waals surface area contributed by atoms with Gasteiger partial charge in [-0.1, -0.05) is 0 Å². The van der Waals surface area contributed by atoms with Crippen LogP contribution in [0.2, 0.25) is 0 Å². The molecule has 0 aliphatic heterocycles. The van der Waals surface area contributed by atoms with E-state index in [2.05, 4.69) is 10.6 Å². The first-order valence-electron chi connectivity index (χ1n) is 7.09. The lowest BCUT2D eigenvalue weighted by atomic mass is 10.2. The first kappa shape index (κ1) is 20.5. The molecule has 0 saturated heterocycles. The molecule has 0 spiro atoms. The average molecular weight is 372 g/mol. The zero-order valence-corrected chi connectivity index (χ0v) is 13.8. The second-order valence-corrected chi connectivity index (χ2v) is 5.75. The molecule has 2 N–H and O–H groups in total. The Bertz CT molecular complexity index is 632. The van der Waals surface area contributed by atoms with Gasteiger partial charge in [-0.3, -0.25) is 40.5 Å². The van der Waals surface area contributed by atoms with Gasteiger partial charge in [-0.2, -0.15) is 0 Å². The molecule has 14 nitrogen and oxygen atoms in total. The molecule has 1 aromatic carbocycles. The Kier molecular flexibility index (Phi) is 5.93. The lowest BCUT2D eigenvalue weighted by Crippen LogP contribution is -2.49. The van der Waals surface area contributed by atoms with Crippen LogP contribution in [-0.2, 0) is 0 Å². The number of rotatable bonds is 10. The van der Waals surface area contributed by atoms with Crippen molar-refractivity contribution in [1.29, 1.82) is 0 Å². The summed E-state index contributed by atoms with van der Waals surface area (Å²) in [6.07, 6.45) is 0. The quantitative estimate of drug-likeness (QED) is 0.340. The second kappa shape index (κ2) is 7.54. The summed E-state index contributed by atoms with van der Waals surface area (Å²) >= 11 is 0. The largest absolute Gasteiger partial charge is 0.472 e. The predicted molar refractivity (Wildman–Crippen MR) is 88.2 cm³/mol. The van der Waals surface area contributed by atoms with E-state index in [0.717, 1.165) is 13.8 Å². The van der Waals surface area contributed by atoms with Crippen LogP contribution in [-0.4, -0.2) is 44.1 Å². The molecule has 0 aromatic heterocycles. The third-order valence-electron chi connectivity index (χ3n) is 3.71. The van der Waals surface area contributed by atoms with Crippen LogP contribution < -0.4 is 10.6 Å². The number of nitrogens with zero attached hydrogens (tertiary/aromatic N) is 4. The molecule has 0 aliphatic carbocycles. The summed E-state index contributed by atoms with van der Waals surface area (Å²) in [5, 5.41) is 48.4. The maximum atomic E-state index is 10.8. The van der Waals surface area contributed by atoms with Crippen LogP contribution in [0, 0.1) is 40.5 Å². The van der Waals surface area contributed by atoms with Crippen LogP contribution in [0.4, 0.5) is 11.4 Å². The Balaban J connectivity index is 2.75. The van der Waals surface area contributed by atoms with Crippen molar-refractivity contribution in [3.63, 3.8) is 0 Å². The van der Waals surface area contributed by atoms with Gasteiger partial charge in [0.15, 0.2) is 13.1 Å². The van der Waals surface area contributed by atoms with Crippen molar-refractivity contribution >= 4 is 11.4 Å². The fourth-order valence-electron chi connectivity index (χ4n) is 1.64. The van der Waals surface area contributed by atoms with Gasteiger partial charge in [0, 0.05) is 11.4 Å². The van der Waals surface area contributed by atoms with Gasteiger partial charge in [-0.25, -0.2) is 0 Å². The molecule has 0 bridgehead atoms. The molecule has 1 rings (SSSR count). The van der Waals surface area contributed by atoms with Gasteiger partial charge >= 0.3 is 11.3 Å². The molecular formula is C12H16N6O8. The molecule has 0 atom stereocenters. The number of hydrogen-bond donors (Lipinski definition) is 2. The highest BCUT2D eigenvalue weighted by molar-refractivity contribution is 5.53. The highest BCUT2D eigenvalue weighted by Crippen LogP contribution is 2.18.